The first-order valence-electron chi connectivity index (χ1n) is 11.6. The second-order valence-corrected chi connectivity index (χ2v) is 9.36. The monoisotopic (exact) mass is 419 g/mol. The van der Waals surface area contributed by atoms with Crippen molar-refractivity contribution in [2.45, 2.75) is 51.0 Å². The van der Waals surface area contributed by atoms with Gasteiger partial charge in [0.1, 0.15) is 22.7 Å². The molecule has 1 aliphatic carbocycles. The molecule has 3 fully saturated rings. The van der Waals surface area contributed by atoms with Crippen molar-refractivity contribution < 1.29 is 4.79 Å². The van der Waals surface area contributed by atoms with Gasteiger partial charge in [0.05, 0.1) is 5.92 Å². The lowest BCUT2D eigenvalue weighted by molar-refractivity contribution is -0.134. The van der Waals surface area contributed by atoms with Crippen LogP contribution in [-0.4, -0.2) is 61.7 Å². The smallest absolute Gasteiger partial charge is 0.227 e. The van der Waals surface area contributed by atoms with Gasteiger partial charge in [-0.15, -0.1) is 0 Å². The first kappa shape index (κ1) is 18.8. The number of pyridine rings is 1. The molecule has 1 unspecified atom stereocenters. The highest BCUT2D eigenvalue weighted by atomic mass is 16.2. The van der Waals surface area contributed by atoms with E-state index in [-0.39, 0.29) is 11.5 Å². The molecule has 3 aromatic rings. The Kier molecular flexibility index (Phi) is 4.30. The Morgan fingerprint density at radius 2 is 1.94 bits per heavy atom. The molecule has 1 amide bonds. The number of aromatic amines is 1. The maximum Gasteiger partial charge on any atom is 0.227 e. The van der Waals surface area contributed by atoms with E-state index in [1.54, 1.807) is 0 Å². The molecule has 6 rings (SSSR count). The lowest BCUT2D eigenvalue weighted by Crippen LogP contribution is -2.44. The van der Waals surface area contributed by atoms with Crippen molar-refractivity contribution in [1.29, 1.82) is 0 Å². The number of hydrogen-bond acceptors (Lipinski definition) is 5. The number of aromatic nitrogens is 5. The molecule has 2 saturated heterocycles. The average molecular weight is 420 g/mol. The molecule has 1 N–H and O–H groups in total. The lowest BCUT2D eigenvalue weighted by Gasteiger charge is -2.34. The molecule has 5 heterocycles. The molecule has 162 valence electrons. The summed E-state index contributed by atoms with van der Waals surface area (Å²) in [4.78, 5) is 30.5. The molecule has 1 atom stereocenters. The molecule has 1 saturated carbocycles. The van der Waals surface area contributed by atoms with E-state index < -0.39 is 0 Å². The summed E-state index contributed by atoms with van der Waals surface area (Å²) in [6.07, 6.45) is 8.21. The molecule has 8 nitrogen and oxygen atoms in total. The molecule has 3 aliphatic rings. The number of nitrogens with one attached hydrogen (secondary N) is 1. The molecule has 31 heavy (non-hydrogen) atoms. The lowest BCUT2D eigenvalue weighted by atomic mass is 9.96. The fourth-order valence-corrected chi connectivity index (χ4v) is 5.35. The summed E-state index contributed by atoms with van der Waals surface area (Å²) in [5.41, 5.74) is 2.69. The van der Waals surface area contributed by atoms with E-state index in [0.29, 0.717) is 5.91 Å². The van der Waals surface area contributed by atoms with E-state index in [1.807, 2.05) is 18.3 Å². The van der Waals surface area contributed by atoms with Crippen LogP contribution in [0, 0.1) is 12.8 Å². The quantitative estimate of drug-likeness (QED) is 0.703. The highest BCUT2D eigenvalue weighted by molar-refractivity contribution is 5.80. The fourth-order valence-electron chi connectivity index (χ4n) is 5.35. The van der Waals surface area contributed by atoms with Gasteiger partial charge in [-0.1, -0.05) is 0 Å². The number of aryl methyl sites for hydroxylation is 1. The first-order valence-corrected chi connectivity index (χ1v) is 11.6. The minimum Gasteiger partial charge on any atom is -0.356 e. The summed E-state index contributed by atoms with van der Waals surface area (Å²) in [6, 6.07) is 6.14. The molecular weight excluding hydrogens is 390 g/mol. The van der Waals surface area contributed by atoms with Crippen molar-refractivity contribution in [3.63, 3.8) is 0 Å². The molecule has 3 aromatic heterocycles. The van der Waals surface area contributed by atoms with Crippen molar-refractivity contribution in [3.8, 4) is 0 Å². The van der Waals surface area contributed by atoms with E-state index in [2.05, 4.69) is 37.6 Å². The van der Waals surface area contributed by atoms with Gasteiger partial charge in [-0.25, -0.2) is 9.97 Å². The summed E-state index contributed by atoms with van der Waals surface area (Å²) in [5.74, 6) is 2.29. The van der Waals surface area contributed by atoms with Gasteiger partial charge in [0, 0.05) is 38.1 Å². The third-order valence-electron chi connectivity index (χ3n) is 7.24. The van der Waals surface area contributed by atoms with Crippen LogP contribution in [-0.2, 0) is 10.3 Å². The first-order chi connectivity index (χ1) is 15.1. The molecule has 8 heteroatoms. The highest BCUT2D eigenvalue weighted by Gasteiger charge is 2.50. The van der Waals surface area contributed by atoms with Gasteiger partial charge in [-0.3, -0.25) is 9.48 Å². The number of amides is 1. The highest BCUT2D eigenvalue weighted by Crippen LogP contribution is 2.48. The number of imidazole rings is 1. The number of carbonyl (C=O) groups excluding carboxylic acids is 1. The largest absolute Gasteiger partial charge is 0.356 e. The molecule has 0 radical (unpaired) electrons. The van der Waals surface area contributed by atoms with E-state index in [4.69, 9.17) is 9.97 Å². The zero-order chi connectivity index (χ0) is 21.0. The van der Waals surface area contributed by atoms with Crippen LogP contribution < -0.4 is 4.90 Å². The maximum absolute atomic E-state index is 12.9. The Hall–Kier alpha value is -2.90. The van der Waals surface area contributed by atoms with Gasteiger partial charge in [0.25, 0.3) is 0 Å². The van der Waals surface area contributed by atoms with Gasteiger partial charge < -0.3 is 14.8 Å². The average Bonchev–Trinajstić information content (AvgIpc) is 3.19. The van der Waals surface area contributed by atoms with E-state index >= 15 is 0 Å². The van der Waals surface area contributed by atoms with Crippen LogP contribution in [0.25, 0.3) is 11.2 Å². The Labute approximate surface area is 181 Å². The topological polar surface area (TPSA) is 82.9 Å². The number of piperidine rings is 1. The van der Waals surface area contributed by atoms with Crippen molar-refractivity contribution >= 4 is 22.9 Å². The standard InChI is InChI=1S/C23H29N7O/c1-16-8-11-24-30(16)23(9-10-23)22-25-18-6-7-19(26-20(18)27-22)29-14-4-5-17(15-29)21(31)28-12-2-3-13-28/h6-8,11,17H,2-5,9-10,12-15H2,1H3,(H,25,26,27). The third-order valence-corrected chi connectivity index (χ3v) is 7.24. The number of carbonyl (C=O) groups is 1. The minimum absolute atomic E-state index is 0.0826. The number of likely N-dealkylation sites (tertiary alicyclic amines) is 1. The number of nitrogens with zero attached hydrogens (tertiary/aromatic N) is 6. The second kappa shape index (κ2) is 7.07. The van der Waals surface area contributed by atoms with Crippen LogP contribution in [0.4, 0.5) is 5.82 Å². The normalized spacial score (nSPS) is 22.9. The van der Waals surface area contributed by atoms with Crippen LogP contribution in [0.3, 0.4) is 0 Å². The number of hydrogen-bond donors (Lipinski definition) is 1. The molecule has 0 aromatic carbocycles. The number of anilines is 1. The molecular formula is C23H29N7O. The Morgan fingerprint density at radius 1 is 1.10 bits per heavy atom. The van der Waals surface area contributed by atoms with E-state index in [1.165, 1.54) is 0 Å². The predicted molar refractivity (Wildman–Crippen MR) is 118 cm³/mol. The molecule has 2 aliphatic heterocycles. The molecule has 0 spiro atoms. The Morgan fingerprint density at radius 3 is 2.68 bits per heavy atom. The Bertz CT molecular complexity index is 1120. The summed E-state index contributed by atoms with van der Waals surface area (Å²) in [6.45, 7) is 5.63. The SMILES string of the molecule is Cc1ccnn1C1(c2nc3ccc(N4CCCC(C(=O)N5CCCC5)C4)nc3[nH]2)CC1. The van der Waals surface area contributed by atoms with Crippen LogP contribution in [0.1, 0.15) is 50.0 Å². The van der Waals surface area contributed by atoms with Gasteiger partial charge in [0.15, 0.2) is 5.65 Å². The third kappa shape index (κ3) is 3.11. The van der Waals surface area contributed by atoms with Crippen LogP contribution in [0.2, 0.25) is 0 Å². The number of rotatable bonds is 4. The van der Waals surface area contributed by atoms with Gasteiger partial charge in [0.2, 0.25) is 5.91 Å². The van der Waals surface area contributed by atoms with Crippen molar-refractivity contribution in [1.82, 2.24) is 29.6 Å². The summed E-state index contributed by atoms with van der Waals surface area (Å²) >= 11 is 0. The summed E-state index contributed by atoms with van der Waals surface area (Å²) in [5, 5.41) is 4.54. The molecule has 0 bridgehead atoms. The number of H-pyrrole nitrogens is 1. The van der Waals surface area contributed by atoms with Crippen molar-refractivity contribution in [2.24, 2.45) is 5.92 Å². The van der Waals surface area contributed by atoms with E-state index in [0.717, 1.165) is 93.2 Å². The predicted octanol–water partition coefficient (Wildman–Crippen LogP) is 2.84. The van der Waals surface area contributed by atoms with Gasteiger partial charge in [-0.05, 0) is 63.6 Å². The zero-order valence-corrected chi connectivity index (χ0v) is 18.0. The fraction of sp³-hybridized carbons (Fsp3) is 0.565. The van der Waals surface area contributed by atoms with Crippen LogP contribution >= 0.6 is 0 Å². The minimum atomic E-state index is -0.160. The van der Waals surface area contributed by atoms with Crippen molar-refractivity contribution in [2.75, 3.05) is 31.1 Å². The second-order valence-electron chi connectivity index (χ2n) is 9.36. The van der Waals surface area contributed by atoms with Crippen molar-refractivity contribution in [3.05, 3.63) is 35.9 Å². The Balaban J connectivity index is 1.25. The van der Waals surface area contributed by atoms with Crippen LogP contribution in [0.15, 0.2) is 24.4 Å². The summed E-state index contributed by atoms with van der Waals surface area (Å²) in [7, 11) is 0. The van der Waals surface area contributed by atoms with Gasteiger partial charge in [-0.2, -0.15) is 5.10 Å². The van der Waals surface area contributed by atoms with Gasteiger partial charge >= 0.3 is 0 Å². The van der Waals surface area contributed by atoms with E-state index in [9.17, 15) is 4.79 Å². The number of fused-ring (bicyclic) bond motifs is 1. The van der Waals surface area contributed by atoms with Crippen LogP contribution in [0.5, 0.6) is 0 Å². The summed E-state index contributed by atoms with van der Waals surface area (Å²) < 4.78 is 2.09. The zero-order valence-electron chi connectivity index (χ0n) is 18.0. The maximum atomic E-state index is 12.9.